The Morgan fingerprint density at radius 1 is 1.08 bits per heavy atom. The molecule has 0 amide bonds. The van der Waals surface area contributed by atoms with Crippen LogP contribution in [0.1, 0.15) is 71.7 Å². The van der Waals surface area contributed by atoms with Gasteiger partial charge in [0.1, 0.15) is 20.1 Å². The van der Waals surface area contributed by atoms with Gasteiger partial charge in [-0.15, -0.1) is 11.3 Å². The Morgan fingerprint density at radius 2 is 1.83 bits per heavy atom. The van der Waals surface area contributed by atoms with Gasteiger partial charge in [-0.1, -0.05) is 41.8 Å². The third-order valence-electron chi connectivity index (χ3n) is 6.58. The van der Waals surface area contributed by atoms with Gasteiger partial charge < -0.3 is 9.52 Å². The van der Waals surface area contributed by atoms with Crippen molar-refractivity contribution in [3.8, 4) is 5.75 Å². The lowest BCUT2D eigenvalue weighted by Gasteiger charge is -2.21. The average Bonchev–Trinajstić information content (AvgIpc) is 3.58. The molecule has 2 heterocycles. The molecule has 5 rings (SSSR count). The van der Waals surface area contributed by atoms with Gasteiger partial charge in [0.05, 0.1) is 16.1 Å². The molecule has 1 unspecified atom stereocenters. The highest BCUT2D eigenvalue weighted by Crippen LogP contribution is 2.49. The third-order valence-corrected chi connectivity index (χ3v) is 10.3. The van der Waals surface area contributed by atoms with Gasteiger partial charge in [0, 0.05) is 24.4 Å². The number of benzene rings is 1. The number of anilines is 1. The number of thiophene rings is 1. The Labute approximate surface area is 222 Å². The van der Waals surface area contributed by atoms with Crippen molar-refractivity contribution in [2.75, 3.05) is 4.72 Å². The molecular formula is C25H23Cl2NO6S2. The first-order valence-corrected chi connectivity index (χ1v) is 14.7. The molecular weight excluding hydrogens is 545 g/mol. The second kappa shape index (κ2) is 9.85. The number of sulfonamides is 1. The molecule has 36 heavy (non-hydrogen) atoms. The van der Waals surface area contributed by atoms with E-state index in [1.165, 1.54) is 6.07 Å². The van der Waals surface area contributed by atoms with E-state index in [1.807, 2.05) is 0 Å². The Hall–Kier alpha value is -2.33. The molecule has 11 heteroatoms. The molecule has 0 spiro atoms. The fourth-order valence-corrected chi connectivity index (χ4v) is 7.69. The van der Waals surface area contributed by atoms with Gasteiger partial charge in [-0.05, 0) is 55.4 Å². The number of aryl methyl sites for hydroxylation is 1. The number of halogens is 2. The Morgan fingerprint density at radius 3 is 2.53 bits per heavy atom. The van der Waals surface area contributed by atoms with Crippen LogP contribution in [-0.2, 0) is 16.4 Å². The van der Waals surface area contributed by atoms with Crippen molar-refractivity contribution >= 4 is 56.0 Å². The molecule has 1 atom stereocenters. The second-order valence-corrected chi connectivity index (χ2v) is 13.1. The number of Topliss-reactive ketones (excluding diaryl/α,β-unsaturated/α-hetero) is 1. The summed E-state index contributed by atoms with van der Waals surface area (Å²) in [5.41, 5.74) is 0.427. The highest BCUT2D eigenvalue weighted by molar-refractivity contribution is 7.94. The third kappa shape index (κ3) is 4.94. The summed E-state index contributed by atoms with van der Waals surface area (Å²) in [6, 6.07) is 7.96. The van der Waals surface area contributed by atoms with Crippen LogP contribution in [0.2, 0.25) is 9.36 Å². The SMILES string of the molecule is O=C1CCCCCc2oc(=O)c(C(c3cccc(NS(=O)(=O)c4cc(Cl)c(Cl)s4)c3)C3CC3)c(O)c21. The van der Waals surface area contributed by atoms with Gasteiger partial charge in [0.25, 0.3) is 10.0 Å². The molecule has 0 saturated heterocycles. The van der Waals surface area contributed by atoms with Gasteiger partial charge in [-0.25, -0.2) is 13.2 Å². The molecule has 0 radical (unpaired) electrons. The molecule has 7 nitrogen and oxygen atoms in total. The molecule has 2 aromatic heterocycles. The number of ketones is 1. The Kier molecular flexibility index (Phi) is 6.93. The Balaban J connectivity index is 1.55. The zero-order valence-electron chi connectivity index (χ0n) is 19.1. The molecule has 1 fully saturated rings. The number of fused-ring (bicyclic) bond motifs is 1. The minimum atomic E-state index is -3.94. The maximum absolute atomic E-state index is 13.1. The number of hydrogen-bond acceptors (Lipinski definition) is 7. The summed E-state index contributed by atoms with van der Waals surface area (Å²) in [6.45, 7) is 0. The number of rotatable bonds is 6. The fourth-order valence-electron chi connectivity index (χ4n) is 4.76. The van der Waals surface area contributed by atoms with Gasteiger partial charge >= 0.3 is 5.63 Å². The molecule has 2 aliphatic carbocycles. The topological polar surface area (TPSA) is 114 Å². The van der Waals surface area contributed by atoms with E-state index in [4.69, 9.17) is 27.6 Å². The number of carbonyl (C=O) groups is 1. The largest absolute Gasteiger partial charge is 0.506 e. The van der Waals surface area contributed by atoms with Crippen LogP contribution < -0.4 is 10.3 Å². The van der Waals surface area contributed by atoms with Crippen LogP contribution in [0.15, 0.2) is 43.8 Å². The van der Waals surface area contributed by atoms with Gasteiger partial charge in [-0.3, -0.25) is 9.52 Å². The first kappa shape index (κ1) is 25.3. The summed E-state index contributed by atoms with van der Waals surface area (Å²) in [7, 11) is -3.94. The van der Waals surface area contributed by atoms with E-state index in [9.17, 15) is 23.1 Å². The number of carbonyl (C=O) groups excluding carboxylic acids is 1. The van der Waals surface area contributed by atoms with Gasteiger partial charge in [-0.2, -0.15) is 0 Å². The zero-order valence-corrected chi connectivity index (χ0v) is 22.2. The van der Waals surface area contributed by atoms with E-state index >= 15 is 0 Å². The number of aromatic hydroxyl groups is 1. The van der Waals surface area contributed by atoms with E-state index in [-0.39, 0.29) is 60.0 Å². The lowest BCUT2D eigenvalue weighted by atomic mass is 9.85. The van der Waals surface area contributed by atoms with E-state index in [2.05, 4.69) is 4.72 Å². The first-order valence-electron chi connectivity index (χ1n) is 11.7. The van der Waals surface area contributed by atoms with Crippen LogP contribution in [0.3, 0.4) is 0 Å². The second-order valence-electron chi connectivity index (χ2n) is 9.17. The first-order chi connectivity index (χ1) is 17.2. The van der Waals surface area contributed by atoms with E-state index < -0.39 is 21.6 Å². The summed E-state index contributed by atoms with van der Waals surface area (Å²) < 4.78 is 34.0. The minimum absolute atomic E-state index is 0.0277. The lowest BCUT2D eigenvalue weighted by Crippen LogP contribution is -2.21. The number of nitrogens with one attached hydrogen (secondary N) is 1. The molecule has 0 bridgehead atoms. The van der Waals surface area contributed by atoms with Crippen LogP contribution in [0.4, 0.5) is 5.69 Å². The highest BCUT2D eigenvalue weighted by Gasteiger charge is 2.39. The van der Waals surface area contributed by atoms with Crippen molar-refractivity contribution in [3.63, 3.8) is 0 Å². The molecule has 1 saturated carbocycles. The van der Waals surface area contributed by atoms with Crippen molar-refractivity contribution in [3.05, 3.63) is 72.6 Å². The molecule has 1 aromatic carbocycles. The van der Waals surface area contributed by atoms with Crippen molar-refractivity contribution in [2.45, 2.75) is 55.1 Å². The van der Waals surface area contributed by atoms with Crippen molar-refractivity contribution < 1.29 is 22.7 Å². The van der Waals surface area contributed by atoms with E-state index in [1.54, 1.807) is 24.3 Å². The summed E-state index contributed by atoms with van der Waals surface area (Å²) in [5.74, 6) is -0.771. The zero-order chi connectivity index (χ0) is 25.6. The predicted octanol–water partition coefficient (Wildman–Crippen LogP) is 6.36. The summed E-state index contributed by atoms with van der Waals surface area (Å²) in [6.07, 6.45) is 4.72. The van der Waals surface area contributed by atoms with Gasteiger partial charge in [0.2, 0.25) is 0 Å². The van der Waals surface area contributed by atoms with Crippen LogP contribution in [-0.4, -0.2) is 19.3 Å². The standard InChI is InChI=1S/C25H23Cl2NO6S2/c26-16-12-19(35-24(16)27)36(32,33)28-15-6-4-5-14(11-15)20(13-9-10-13)22-23(30)21-17(29)7-2-1-3-8-18(21)34-25(22)31/h4-6,11-13,20,28,30H,1-3,7-10H2. The van der Waals surface area contributed by atoms with Gasteiger partial charge in [0.15, 0.2) is 5.78 Å². The molecule has 2 N–H and O–H groups in total. The average molecular weight is 569 g/mol. The van der Waals surface area contributed by atoms with Crippen LogP contribution in [0, 0.1) is 5.92 Å². The maximum Gasteiger partial charge on any atom is 0.343 e. The fraction of sp³-hybridized carbons (Fsp3) is 0.360. The quantitative estimate of drug-likeness (QED) is 0.358. The van der Waals surface area contributed by atoms with Crippen molar-refractivity contribution in [2.24, 2.45) is 5.92 Å². The molecule has 3 aromatic rings. The van der Waals surface area contributed by atoms with Crippen LogP contribution in [0.25, 0.3) is 0 Å². The smallest absolute Gasteiger partial charge is 0.343 e. The van der Waals surface area contributed by atoms with E-state index in [0.717, 1.165) is 43.4 Å². The van der Waals surface area contributed by atoms with Crippen molar-refractivity contribution in [1.82, 2.24) is 0 Å². The summed E-state index contributed by atoms with van der Waals surface area (Å²) >= 11 is 12.7. The normalized spacial score (nSPS) is 17.2. The Bertz CT molecular complexity index is 1490. The monoisotopic (exact) mass is 567 g/mol. The highest BCUT2D eigenvalue weighted by atomic mass is 35.5. The maximum atomic E-state index is 13.1. The van der Waals surface area contributed by atoms with Crippen LogP contribution in [0.5, 0.6) is 5.75 Å². The lowest BCUT2D eigenvalue weighted by molar-refractivity contribution is 0.0968. The minimum Gasteiger partial charge on any atom is -0.506 e. The number of hydrogen-bond donors (Lipinski definition) is 2. The molecule has 2 aliphatic rings. The summed E-state index contributed by atoms with van der Waals surface area (Å²) in [4.78, 5) is 26.0. The van der Waals surface area contributed by atoms with Crippen LogP contribution >= 0.6 is 34.5 Å². The molecule has 190 valence electrons. The van der Waals surface area contributed by atoms with E-state index in [0.29, 0.717) is 12.0 Å². The summed E-state index contributed by atoms with van der Waals surface area (Å²) in [5, 5.41) is 11.4. The molecule has 0 aliphatic heterocycles. The predicted molar refractivity (Wildman–Crippen MR) is 139 cm³/mol. The van der Waals surface area contributed by atoms with Crippen molar-refractivity contribution in [1.29, 1.82) is 0 Å².